The van der Waals surface area contributed by atoms with Crippen molar-refractivity contribution in [3.8, 4) is 0 Å². The van der Waals surface area contributed by atoms with Gasteiger partial charge in [0.05, 0.1) is 12.2 Å². The predicted octanol–water partition coefficient (Wildman–Crippen LogP) is 2.66. The van der Waals surface area contributed by atoms with Crippen LogP contribution in [0.25, 0.3) is 0 Å². The number of hydrogen-bond acceptors (Lipinski definition) is 3. The lowest BCUT2D eigenvalue weighted by Gasteiger charge is -2.37. The summed E-state index contributed by atoms with van der Waals surface area (Å²) in [6, 6.07) is 0.829. The monoisotopic (exact) mass is 265 g/mol. The lowest BCUT2D eigenvalue weighted by Crippen LogP contribution is -2.40. The van der Waals surface area contributed by atoms with Gasteiger partial charge in [0.15, 0.2) is 0 Å². The van der Waals surface area contributed by atoms with Gasteiger partial charge in [-0.25, -0.2) is 0 Å². The fourth-order valence-corrected chi connectivity index (χ4v) is 3.32. The molecule has 1 aliphatic carbocycles. The zero-order valence-corrected chi connectivity index (χ0v) is 12.1. The molecule has 2 saturated heterocycles. The Balaban J connectivity index is 1.47. The fraction of sp³-hybridized carbons (Fsp3) is 0.875. The molecule has 2 atom stereocenters. The molecule has 3 nitrogen and oxygen atoms in total. The molecule has 0 amide bonds. The van der Waals surface area contributed by atoms with E-state index in [4.69, 9.17) is 9.47 Å². The van der Waals surface area contributed by atoms with Crippen molar-refractivity contribution in [1.82, 2.24) is 5.32 Å². The summed E-state index contributed by atoms with van der Waals surface area (Å²) < 4.78 is 11.6. The third kappa shape index (κ3) is 3.59. The highest BCUT2D eigenvalue weighted by Crippen LogP contribution is 2.38. The second-order valence-electron chi connectivity index (χ2n) is 6.49. The van der Waals surface area contributed by atoms with E-state index in [9.17, 15) is 0 Å². The van der Waals surface area contributed by atoms with Crippen molar-refractivity contribution in [2.75, 3.05) is 26.4 Å². The molecule has 3 fully saturated rings. The quantitative estimate of drug-likeness (QED) is 0.612. The molecule has 19 heavy (non-hydrogen) atoms. The van der Waals surface area contributed by atoms with Crippen molar-refractivity contribution in [2.45, 2.75) is 57.1 Å². The number of hydrogen-bond donors (Lipinski definition) is 1. The molecule has 1 spiro atoms. The average Bonchev–Trinajstić information content (AvgIpc) is 3.16. The third-order valence-electron chi connectivity index (χ3n) is 4.83. The molecule has 2 unspecified atom stereocenters. The molecule has 0 radical (unpaired) electrons. The Bertz CT molecular complexity index is 330. The van der Waals surface area contributed by atoms with Gasteiger partial charge in [0.2, 0.25) is 0 Å². The largest absolute Gasteiger partial charge is 0.378 e. The van der Waals surface area contributed by atoms with Crippen LogP contribution in [-0.2, 0) is 9.47 Å². The van der Waals surface area contributed by atoms with Gasteiger partial charge in [0.1, 0.15) is 0 Å². The van der Waals surface area contributed by atoms with Crippen LogP contribution in [0, 0.1) is 5.92 Å². The molecule has 1 N–H and O–H groups in total. The van der Waals surface area contributed by atoms with Crippen molar-refractivity contribution in [3.63, 3.8) is 0 Å². The van der Waals surface area contributed by atoms with E-state index >= 15 is 0 Å². The van der Waals surface area contributed by atoms with Crippen LogP contribution in [0.2, 0.25) is 0 Å². The summed E-state index contributed by atoms with van der Waals surface area (Å²) in [4.78, 5) is 0. The van der Waals surface area contributed by atoms with Crippen LogP contribution in [0.4, 0.5) is 0 Å². The normalized spacial score (nSPS) is 36.1. The molecule has 108 valence electrons. The van der Waals surface area contributed by atoms with E-state index in [0.29, 0.717) is 5.92 Å². The van der Waals surface area contributed by atoms with Gasteiger partial charge in [0.25, 0.3) is 0 Å². The first-order valence-electron chi connectivity index (χ1n) is 7.89. The Kier molecular flexibility index (Phi) is 4.25. The van der Waals surface area contributed by atoms with E-state index in [1.807, 2.05) is 0 Å². The van der Waals surface area contributed by atoms with E-state index in [1.54, 1.807) is 5.57 Å². The van der Waals surface area contributed by atoms with Gasteiger partial charge in [-0.3, -0.25) is 0 Å². The molecule has 1 saturated carbocycles. The third-order valence-corrected chi connectivity index (χ3v) is 4.83. The summed E-state index contributed by atoms with van der Waals surface area (Å²) >= 11 is 0. The zero-order valence-electron chi connectivity index (χ0n) is 12.1. The Hall–Kier alpha value is -0.380. The molecule has 3 aliphatic rings. The Morgan fingerprint density at radius 3 is 2.95 bits per heavy atom. The number of rotatable bonds is 5. The molecular weight excluding hydrogens is 238 g/mol. The summed E-state index contributed by atoms with van der Waals surface area (Å²) in [5.74, 6) is 0.705. The van der Waals surface area contributed by atoms with Gasteiger partial charge in [0, 0.05) is 25.7 Å². The van der Waals surface area contributed by atoms with Crippen LogP contribution < -0.4 is 5.32 Å². The summed E-state index contributed by atoms with van der Waals surface area (Å²) in [6.07, 6.45) is 9.79. The van der Waals surface area contributed by atoms with Gasteiger partial charge in [-0.1, -0.05) is 11.6 Å². The number of nitrogens with one attached hydrogen (secondary N) is 1. The van der Waals surface area contributed by atoms with Gasteiger partial charge in [-0.2, -0.15) is 0 Å². The summed E-state index contributed by atoms with van der Waals surface area (Å²) in [5.41, 5.74) is 1.61. The van der Waals surface area contributed by atoms with Crippen LogP contribution in [0.3, 0.4) is 0 Å². The maximum atomic E-state index is 6.01. The fourth-order valence-electron chi connectivity index (χ4n) is 3.32. The highest BCUT2D eigenvalue weighted by molar-refractivity contribution is 5.08. The summed E-state index contributed by atoms with van der Waals surface area (Å²) in [6.45, 7) is 6.02. The maximum absolute atomic E-state index is 6.01. The summed E-state index contributed by atoms with van der Waals surface area (Å²) in [7, 11) is 0. The van der Waals surface area contributed by atoms with Gasteiger partial charge in [-0.05, 0) is 51.5 Å². The SMILES string of the molecule is CC(=CCCNC1CC1)C1CCOC2(CCOC2)C1. The summed E-state index contributed by atoms with van der Waals surface area (Å²) in [5, 5.41) is 3.57. The van der Waals surface area contributed by atoms with E-state index in [-0.39, 0.29) is 5.60 Å². The van der Waals surface area contributed by atoms with E-state index < -0.39 is 0 Å². The van der Waals surface area contributed by atoms with E-state index in [1.165, 1.54) is 25.7 Å². The second-order valence-corrected chi connectivity index (χ2v) is 6.49. The second kappa shape index (κ2) is 5.94. The molecule has 0 aromatic carbocycles. The Labute approximate surface area is 116 Å². The molecule has 0 aromatic rings. The van der Waals surface area contributed by atoms with E-state index in [0.717, 1.165) is 45.2 Å². The first-order valence-corrected chi connectivity index (χ1v) is 7.89. The minimum atomic E-state index is 0.0459. The lowest BCUT2D eigenvalue weighted by atomic mass is 9.81. The minimum Gasteiger partial charge on any atom is -0.378 e. The minimum absolute atomic E-state index is 0.0459. The molecule has 0 bridgehead atoms. The van der Waals surface area contributed by atoms with Crippen molar-refractivity contribution < 1.29 is 9.47 Å². The average molecular weight is 265 g/mol. The topological polar surface area (TPSA) is 30.5 Å². The zero-order chi connectivity index (χ0) is 13.1. The van der Waals surface area contributed by atoms with Crippen LogP contribution in [-0.4, -0.2) is 38.0 Å². The highest BCUT2D eigenvalue weighted by atomic mass is 16.6. The van der Waals surface area contributed by atoms with Crippen LogP contribution in [0.5, 0.6) is 0 Å². The van der Waals surface area contributed by atoms with Crippen LogP contribution in [0.15, 0.2) is 11.6 Å². The first kappa shape index (κ1) is 13.6. The van der Waals surface area contributed by atoms with Crippen LogP contribution in [0.1, 0.15) is 45.4 Å². The molecule has 3 rings (SSSR count). The number of ether oxygens (including phenoxy) is 2. The van der Waals surface area contributed by atoms with Gasteiger partial charge in [-0.15, -0.1) is 0 Å². The molecule has 2 aliphatic heterocycles. The number of allylic oxidation sites excluding steroid dienone is 1. The Morgan fingerprint density at radius 1 is 1.32 bits per heavy atom. The molecular formula is C16H27NO2. The molecule has 0 aromatic heterocycles. The van der Waals surface area contributed by atoms with Gasteiger partial charge < -0.3 is 14.8 Å². The van der Waals surface area contributed by atoms with Crippen molar-refractivity contribution in [3.05, 3.63) is 11.6 Å². The smallest absolute Gasteiger partial charge is 0.0942 e. The van der Waals surface area contributed by atoms with Crippen molar-refractivity contribution in [1.29, 1.82) is 0 Å². The van der Waals surface area contributed by atoms with Gasteiger partial charge >= 0.3 is 0 Å². The van der Waals surface area contributed by atoms with Crippen molar-refractivity contribution >= 4 is 0 Å². The van der Waals surface area contributed by atoms with Crippen molar-refractivity contribution in [2.24, 2.45) is 5.92 Å². The highest BCUT2D eigenvalue weighted by Gasteiger charge is 2.41. The Morgan fingerprint density at radius 2 is 2.21 bits per heavy atom. The van der Waals surface area contributed by atoms with E-state index in [2.05, 4.69) is 18.3 Å². The maximum Gasteiger partial charge on any atom is 0.0942 e. The molecule has 2 heterocycles. The lowest BCUT2D eigenvalue weighted by molar-refractivity contribution is -0.0925. The standard InChI is InChI=1S/C16H27NO2/c1-13(3-2-8-17-15-4-5-15)14-6-9-19-16(11-14)7-10-18-12-16/h3,14-15,17H,2,4-12H2,1H3. The van der Waals surface area contributed by atoms with Crippen LogP contribution >= 0.6 is 0 Å². The molecule has 3 heteroatoms. The first-order chi connectivity index (χ1) is 9.27. The predicted molar refractivity (Wildman–Crippen MR) is 76.2 cm³/mol.